The Kier molecular flexibility index (Phi) is 5.87. The summed E-state index contributed by atoms with van der Waals surface area (Å²) in [6.07, 6.45) is 1.56. The van der Waals surface area contributed by atoms with Crippen molar-refractivity contribution in [1.82, 2.24) is 14.8 Å². The molecule has 0 aliphatic rings. The number of anilines is 1. The van der Waals surface area contributed by atoms with E-state index in [1.807, 2.05) is 11.5 Å². The lowest BCUT2D eigenvalue weighted by Crippen LogP contribution is -2.23. The Morgan fingerprint density at radius 3 is 2.57 bits per heavy atom. The number of amides is 1. The molecule has 0 radical (unpaired) electrons. The minimum Gasteiger partial charge on any atom is -0.461 e. The van der Waals surface area contributed by atoms with Crippen LogP contribution in [-0.2, 0) is 21.4 Å². The molecule has 1 atom stereocenters. The Balaban J connectivity index is 1.69. The van der Waals surface area contributed by atoms with Crippen molar-refractivity contribution in [2.45, 2.75) is 35.7 Å². The number of aromatic nitrogens is 3. The van der Waals surface area contributed by atoms with E-state index in [1.54, 1.807) is 25.3 Å². The zero-order valence-electron chi connectivity index (χ0n) is 15.2. The van der Waals surface area contributed by atoms with E-state index in [9.17, 15) is 13.2 Å². The van der Waals surface area contributed by atoms with E-state index in [1.165, 1.54) is 36.0 Å². The molecule has 1 amide bonds. The van der Waals surface area contributed by atoms with Gasteiger partial charge in [-0.15, -0.1) is 10.2 Å². The average molecular weight is 422 g/mol. The minimum atomic E-state index is -3.77. The van der Waals surface area contributed by atoms with Gasteiger partial charge in [-0.05, 0) is 50.2 Å². The number of thioether (sulfide) groups is 1. The molecule has 0 fully saturated rings. The molecule has 0 aliphatic carbocycles. The largest absolute Gasteiger partial charge is 0.461 e. The van der Waals surface area contributed by atoms with Gasteiger partial charge in [0.1, 0.15) is 0 Å². The third-order valence-corrected chi connectivity index (χ3v) is 5.89. The van der Waals surface area contributed by atoms with Gasteiger partial charge in [0.2, 0.25) is 15.9 Å². The number of carbonyl (C=O) groups excluding carboxylic acids is 1. The molecule has 9 nitrogen and oxygen atoms in total. The molecule has 2 aromatic heterocycles. The fourth-order valence-electron chi connectivity index (χ4n) is 2.43. The normalized spacial score (nSPS) is 12.7. The number of carbonyl (C=O) groups is 1. The first-order chi connectivity index (χ1) is 13.3. The van der Waals surface area contributed by atoms with Crippen molar-refractivity contribution in [3.05, 3.63) is 42.7 Å². The Morgan fingerprint density at radius 1 is 1.29 bits per heavy atom. The molecule has 3 rings (SSSR count). The van der Waals surface area contributed by atoms with Crippen LogP contribution in [0.1, 0.15) is 13.8 Å². The highest BCUT2D eigenvalue weighted by Crippen LogP contribution is 2.27. The minimum absolute atomic E-state index is 0.0191. The number of nitrogens with two attached hydrogens (primary N) is 1. The molecule has 28 heavy (non-hydrogen) atoms. The monoisotopic (exact) mass is 421 g/mol. The molecule has 1 unspecified atom stereocenters. The predicted octanol–water partition coefficient (Wildman–Crippen LogP) is 2.32. The summed E-state index contributed by atoms with van der Waals surface area (Å²) < 4.78 is 29.8. The zero-order chi connectivity index (χ0) is 20.3. The SMILES string of the molecule is CCn1c(SC(C)C(=O)Nc2ccc(S(N)(=O)=O)cc2)nnc1-c1ccco1. The Labute approximate surface area is 166 Å². The van der Waals surface area contributed by atoms with Crippen LogP contribution < -0.4 is 10.5 Å². The third kappa shape index (κ3) is 4.43. The second kappa shape index (κ2) is 8.17. The molecule has 0 saturated heterocycles. The maximum Gasteiger partial charge on any atom is 0.238 e. The quantitative estimate of drug-likeness (QED) is 0.559. The van der Waals surface area contributed by atoms with Gasteiger partial charge in [-0.2, -0.15) is 0 Å². The summed E-state index contributed by atoms with van der Waals surface area (Å²) in [7, 11) is -3.77. The Bertz CT molecular complexity index is 1060. The van der Waals surface area contributed by atoms with Crippen LogP contribution in [0.5, 0.6) is 0 Å². The van der Waals surface area contributed by atoms with Crippen molar-refractivity contribution in [1.29, 1.82) is 0 Å². The fraction of sp³-hybridized carbons (Fsp3) is 0.235. The van der Waals surface area contributed by atoms with Gasteiger partial charge in [0, 0.05) is 12.2 Å². The molecular formula is C17H19N5O4S2. The Hall–Kier alpha value is -2.63. The fourth-order valence-corrected chi connectivity index (χ4v) is 3.86. The van der Waals surface area contributed by atoms with Gasteiger partial charge in [0.25, 0.3) is 0 Å². The summed E-state index contributed by atoms with van der Waals surface area (Å²) in [5, 5.41) is 16.3. The number of hydrogen-bond donors (Lipinski definition) is 2. The third-order valence-electron chi connectivity index (χ3n) is 3.88. The van der Waals surface area contributed by atoms with Gasteiger partial charge >= 0.3 is 0 Å². The second-order valence-corrected chi connectivity index (χ2v) is 8.72. The predicted molar refractivity (Wildman–Crippen MR) is 105 cm³/mol. The van der Waals surface area contributed by atoms with Crippen molar-refractivity contribution in [3.63, 3.8) is 0 Å². The van der Waals surface area contributed by atoms with Crippen LogP contribution in [0.4, 0.5) is 5.69 Å². The first-order valence-corrected chi connectivity index (χ1v) is 10.8. The van der Waals surface area contributed by atoms with E-state index in [-0.39, 0.29) is 10.8 Å². The first-order valence-electron chi connectivity index (χ1n) is 8.37. The molecule has 2 heterocycles. The van der Waals surface area contributed by atoms with Gasteiger partial charge in [0.05, 0.1) is 16.4 Å². The van der Waals surface area contributed by atoms with Crippen molar-refractivity contribution in [2.75, 3.05) is 5.32 Å². The van der Waals surface area contributed by atoms with Crippen molar-refractivity contribution in [2.24, 2.45) is 5.14 Å². The van der Waals surface area contributed by atoms with E-state index < -0.39 is 15.3 Å². The molecule has 0 aliphatic heterocycles. The molecule has 1 aromatic carbocycles. The van der Waals surface area contributed by atoms with Gasteiger partial charge in [-0.25, -0.2) is 13.6 Å². The van der Waals surface area contributed by atoms with Gasteiger partial charge < -0.3 is 9.73 Å². The van der Waals surface area contributed by atoms with Crippen LogP contribution in [0.2, 0.25) is 0 Å². The molecular weight excluding hydrogens is 402 g/mol. The number of sulfonamides is 1. The molecule has 148 valence electrons. The first kappa shape index (κ1) is 20.1. The van der Waals surface area contributed by atoms with Crippen LogP contribution in [-0.4, -0.2) is 34.3 Å². The number of benzene rings is 1. The van der Waals surface area contributed by atoms with Crippen LogP contribution >= 0.6 is 11.8 Å². The van der Waals surface area contributed by atoms with E-state index in [0.717, 1.165) is 0 Å². The highest BCUT2D eigenvalue weighted by atomic mass is 32.2. The zero-order valence-corrected chi connectivity index (χ0v) is 16.8. The number of furan rings is 1. The van der Waals surface area contributed by atoms with Crippen LogP contribution in [0, 0.1) is 0 Å². The van der Waals surface area contributed by atoms with Crippen molar-refractivity contribution in [3.8, 4) is 11.6 Å². The molecule has 0 spiro atoms. The van der Waals surface area contributed by atoms with Crippen LogP contribution in [0.15, 0.2) is 57.1 Å². The van der Waals surface area contributed by atoms with E-state index in [0.29, 0.717) is 29.0 Å². The summed E-state index contributed by atoms with van der Waals surface area (Å²) in [5.74, 6) is 0.952. The average Bonchev–Trinajstić information content (AvgIpc) is 3.30. The van der Waals surface area contributed by atoms with Crippen molar-refractivity contribution >= 4 is 33.4 Å². The number of rotatable bonds is 7. The molecule has 0 bridgehead atoms. The number of nitrogens with one attached hydrogen (secondary N) is 1. The summed E-state index contributed by atoms with van der Waals surface area (Å²) in [6.45, 7) is 4.33. The van der Waals surface area contributed by atoms with E-state index >= 15 is 0 Å². The molecule has 11 heteroatoms. The summed E-state index contributed by atoms with van der Waals surface area (Å²) in [4.78, 5) is 12.5. The number of hydrogen-bond acceptors (Lipinski definition) is 7. The molecule has 3 N–H and O–H groups in total. The van der Waals surface area contributed by atoms with Gasteiger partial charge in [-0.3, -0.25) is 9.36 Å². The van der Waals surface area contributed by atoms with Crippen LogP contribution in [0.3, 0.4) is 0 Å². The van der Waals surface area contributed by atoms with E-state index in [4.69, 9.17) is 9.56 Å². The lowest BCUT2D eigenvalue weighted by atomic mass is 10.3. The highest BCUT2D eigenvalue weighted by Gasteiger charge is 2.21. The maximum absolute atomic E-state index is 12.5. The molecule has 0 saturated carbocycles. The molecule has 3 aromatic rings. The van der Waals surface area contributed by atoms with Crippen molar-refractivity contribution < 1.29 is 17.6 Å². The lowest BCUT2D eigenvalue weighted by molar-refractivity contribution is -0.115. The summed E-state index contributed by atoms with van der Waals surface area (Å²) in [6, 6.07) is 9.22. The highest BCUT2D eigenvalue weighted by molar-refractivity contribution is 8.00. The smallest absolute Gasteiger partial charge is 0.238 e. The Morgan fingerprint density at radius 2 is 2.00 bits per heavy atom. The lowest BCUT2D eigenvalue weighted by Gasteiger charge is -2.12. The van der Waals surface area contributed by atoms with Gasteiger partial charge in [-0.1, -0.05) is 11.8 Å². The topological polar surface area (TPSA) is 133 Å². The standard InChI is InChI=1S/C17H19N5O4S2/c1-3-22-15(14-5-4-10-26-14)20-21-17(22)27-11(2)16(23)19-12-6-8-13(9-7-12)28(18,24)25/h4-11H,3H2,1-2H3,(H,19,23)(H2,18,24,25). The maximum atomic E-state index is 12.5. The second-order valence-electron chi connectivity index (χ2n) is 5.85. The number of nitrogens with zero attached hydrogens (tertiary/aromatic N) is 3. The summed E-state index contributed by atoms with van der Waals surface area (Å²) in [5.41, 5.74) is 0.470. The number of primary sulfonamides is 1. The van der Waals surface area contributed by atoms with Gasteiger partial charge in [0.15, 0.2) is 16.7 Å². The van der Waals surface area contributed by atoms with Crippen LogP contribution in [0.25, 0.3) is 11.6 Å². The summed E-state index contributed by atoms with van der Waals surface area (Å²) >= 11 is 1.27. The van der Waals surface area contributed by atoms with E-state index in [2.05, 4.69) is 15.5 Å².